The molecule has 0 unspecified atom stereocenters. The van der Waals surface area contributed by atoms with Crippen molar-refractivity contribution in [3.63, 3.8) is 0 Å². The molecule has 0 atom stereocenters. The molecule has 4 rings (SSSR count). The molecule has 0 saturated carbocycles. The number of nitrogens with zero attached hydrogens (tertiary/aromatic N) is 1. The fourth-order valence-corrected chi connectivity index (χ4v) is 7.24. The fourth-order valence-electron chi connectivity index (χ4n) is 3.65. The highest BCUT2D eigenvalue weighted by Crippen LogP contribution is 2.45. The molecule has 5 nitrogen and oxygen atoms in total. The Morgan fingerprint density at radius 3 is 2.76 bits per heavy atom. The predicted molar refractivity (Wildman–Crippen MR) is 112 cm³/mol. The van der Waals surface area contributed by atoms with Crippen LogP contribution in [0, 0.1) is 6.92 Å². The van der Waals surface area contributed by atoms with Crippen LogP contribution in [0.1, 0.15) is 25.3 Å². The molecule has 1 aromatic carbocycles. The van der Waals surface area contributed by atoms with Gasteiger partial charge in [0.1, 0.15) is 14.9 Å². The van der Waals surface area contributed by atoms with Crippen LogP contribution in [-0.2, 0) is 14.6 Å². The molecule has 150 valence electrons. The minimum atomic E-state index is -4.26. The molecule has 0 spiro atoms. The van der Waals surface area contributed by atoms with Crippen molar-refractivity contribution in [2.24, 2.45) is 4.99 Å². The largest absolute Gasteiger partial charge is 0.481 e. The Morgan fingerprint density at radius 1 is 1.34 bits per heavy atom. The summed E-state index contributed by atoms with van der Waals surface area (Å²) in [5, 5.41) is 10.4. The van der Waals surface area contributed by atoms with Crippen molar-refractivity contribution in [1.82, 2.24) is 0 Å². The molecule has 2 aliphatic rings. The van der Waals surface area contributed by atoms with Gasteiger partial charge in [-0.1, -0.05) is 11.6 Å². The van der Waals surface area contributed by atoms with Crippen molar-refractivity contribution in [3.05, 3.63) is 62.4 Å². The molecule has 1 aliphatic heterocycles. The van der Waals surface area contributed by atoms with Crippen molar-refractivity contribution in [3.8, 4) is 0 Å². The van der Waals surface area contributed by atoms with E-state index < -0.39 is 33.0 Å². The SMILES string of the molecule is CC1=C(CC(=O)O)C2=C(S(=O)(=O)c3sc4ccc(Cl)cc4c3C)C(F)=CCC2=N1. The quantitative estimate of drug-likeness (QED) is 0.678. The van der Waals surface area contributed by atoms with Gasteiger partial charge in [0.15, 0.2) is 0 Å². The normalized spacial score (nSPS) is 17.0. The summed E-state index contributed by atoms with van der Waals surface area (Å²) in [6.07, 6.45) is 0.856. The lowest BCUT2D eigenvalue weighted by atomic mass is 9.94. The van der Waals surface area contributed by atoms with Crippen LogP contribution in [0.3, 0.4) is 0 Å². The Balaban J connectivity index is 1.99. The molecule has 9 heteroatoms. The lowest BCUT2D eigenvalue weighted by Crippen LogP contribution is -2.17. The van der Waals surface area contributed by atoms with E-state index in [1.807, 2.05) is 0 Å². The minimum Gasteiger partial charge on any atom is -0.481 e. The van der Waals surface area contributed by atoms with Gasteiger partial charge in [-0.05, 0) is 54.6 Å². The first-order valence-electron chi connectivity index (χ1n) is 8.65. The molecular weight excluding hydrogens is 437 g/mol. The number of thiophene rings is 1. The molecule has 1 aliphatic carbocycles. The summed E-state index contributed by atoms with van der Waals surface area (Å²) in [6, 6.07) is 5.06. The van der Waals surface area contributed by atoms with Gasteiger partial charge in [0.25, 0.3) is 0 Å². The first kappa shape index (κ1) is 20.0. The molecule has 0 radical (unpaired) electrons. The highest BCUT2D eigenvalue weighted by Gasteiger charge is 2.39. The van der Waals surface area contributed by atoms with Crippen LogP contribution < -0.4 is 0 Å². The van der Waals surface area contributed by atoms with Gasteiger partial charge >= 0.3 is 5.97 Å². The second-order valence-electron chi connectivity index (χ2n) is 6.81. The number of fused-ring (bicyclic) bond motifs is 2. The third-order valence-electron chi connectivity index (χ3n) is 4.94. The number of halogens is 2. The lowest BCUT2D eigenvalue weighted by molar-refractivity contribution is -0.136. The van der Waals surface area contributed by atoms with Crippen LogP contribution in [0.4, 0.5) is 4.39 Å². The number of carbonyl (C=O) groups is 1. The molecular formula is C20H15ClFNO4S2. The van der Waals surface area contributed by atoms with E-state index in [-0.39, 0.29) is 21.8 Å². The number of sulfone groups is 1. The summed E-state index contributed by atoms with van der Waals surface area (Å²) in [5.74, 6) is -2.02. The van der Waals surface area contributed by atoms with Gasteiger partial charge in [-0.2, -0.15) is 0 Å². The Labute approximate surface area is 175 Å². The third kappa shape index (κ3) is 3.15. The second kappa shape index (κ2) is 6.90. The molecule has 2 aromatic rings. The van der Waals surface area contributed by atoms with E-state index in [9.17, 15) is 22.7 Å². The molecule has 0 bridgehead atoms. The zero-order chi connectivity index (χ0) is 21.1. The molecule has 0 fully saturated rings. The molecule has 0 amide bonds. The fraction of sp³-hybridized carbons (Fsp3) is 0.200. The van der Waals surface area contributed by atoms with E-state index in [2.05, 4.69) is 4.99 Å². The van der Waals surface area contributed by atoms with Crippen LogP contribution in [0.5, 0.6) is 0 Å². The van der Waals surface area contributed by atoms with E-state index in [1.165, 1.54) is 6.08 Å². The average Bonchev–Trinajstić information content (AvgIpc) is 3.12. The Morgan fingerprint density at radius 2 is 2.07 bits per heavy atom. The Kier molecular flexibility index (Phi) is 4.76. The second-order valence-corrected chi connectivity index (χ2v) is 10.4. The number of aryl methyl sites for hydroxylation is 1. The first-order valence-corrected chi connectivity index (χ1v) is 11.3. The molecule has 0 saturated heterocycles. The zero-order valence-electron chi connectivity index (χ0n) is 15.4. The minimum absolute atomic E-state index is 0.0151. The predicted octanol–water partition coefficient (Wildman–Crippen LogP) is 5.35. The zero-order valence-corrected chi connectivity index (χ0v) is 17.8. The van der Waals surface area contributed by atoms with Crippen molar-refractivity contribution in [2.75, 3.05) is 0 Å². The van der Waals surface area contributed by atoms with Crippen molar-refractivity contribution < 1.29 is 22.7 Å². The number of allylic oxidation sites excluding steroid dienone is 4. The van der Waals surface area contributed by atoms with Crippen LogP contribution in [0.25, 0.3) is 10.1 Å². The summed E-state index contributed by atoms with van der Waals surface area (Å²) in [6.45, 7) is 3.26. The van der Waals surface area contributed by atoms with Gasteiger partial charge in [-0.3, -0.25) is 9.79 Å². The summed E-state index contributed by atoms with van der Waals surface area (Å²) in [5.41, 5.74) is 1.57. The maximum atomic E-state index is 14.9. The Hall–Kier alpha value is -2.29. The van der Waals surface area contributed by atoms with E-state index in [4.69, 9.17) is 11.6 Å². The molecule has 2 heterocycles. The summed E-state index contributed by atoms with van der Waals surface area (Å²) in [7, 11) is -4.26. The van der Waals surface area contributed by atoms with Gasteiger partial charge in [-0.15, -0.1) is 11.3 Å². The number of carboxylic acid groups (broad SMARTS) is 1. The lowest BCUT2D eigenvalue weighted by Gasteiger charge is -2.18. The first-order chi connectivity index (χ1) is 13.6. The number of hydrogen-bond donors (Lipinski definition) is 1. The average molecular weight is 452 g/mol. The summed E-state index contributed by atoms with van der Waals surface area (Å²) < 4.78 is 42.8. The van der Waals surface area contributed by atoms with Gasteiger partial charge < -0.3 is 5.11 Å². The van der Waals surface area contributed by atoms with Gasteiger partial charge in [-0.25, -0.2) is 12.8 Å². The standard InChI is InChI=1S/C20H15ClFNO4S2/c1-9-12-7-11(21)3-6-16(12)28-20(9)29(26,27)19-14(22)4-5-15-18(19)13(8-17(24)25)10(2)23-15/h3-4,6-7H,5,8H2,1-2H3,(H,24,25). The summed E-state index contributed by atoms with van der Waals surface area (Å²) in [4.78, 5) is 15.1. The molecule has 1 N–H and O–H groups in total. The number of aliphatic imine (C=N–C) groups is 1. The monoisotopic (exact) mass is 451 g/mol. The summed E-state index contributed by atoms with van der Waals surface area (Å²) >= 11 is 7.08. The van der Waals surface area contributed by atoms with E-state index in [1.54, 1.807) is 32.0 Å². The number of rotatable bonds is 4. The number of benzene rings is 1. The maximum absolute atomic E-state index is 14.9. The van der Waals surface area contributed by atoms with E-state index >= 15 is 0 Å². The number of carboxylic acids is 1. The van der Waals surface area contributed by atoms with Gasteiger partial charge in [0, 0.05) is 27.4 Å². The van der Waals surface area contributed by atoms with Crippen LogP contribution in [0.15, 0.2) is 61.1 Å². The highest BCUT2D eigenvalue weighted by atomic mass is 35.5. The van der Waals surface area contributed by atoms with Crippen LogP contribution in [-0.4, -0.2) is 25.2 Å². The third-order valence-corrected chi connectivity index (χ3v) is 8.89. The Bertz CT molecular complexity index is 1330. The van der Waals surface area contributed by atoms with Crippen molar-refractivity contribution in [1.29, 1.82) is 0 Å². The van der Waals surface area contributed by atoms with Crippen molar-refractivity contribution >= 4 is 54.5 Å². The maximum Gasteiger partial charge on any atom is 0.307 e. The van der Waals surface area contributed by atoms with Gasteiger partial charge in [0.2, 0.25) is 9.84 Å². The molecule has 29 heavy (non-hydrogen) atoms. The number of aliphatic carboxylic acids is 1. The molecule has 1 aromatic heterocycles. The van der Waals surface area contributed by atoms with Gasteiger partial charge in [0.05, 0.1) is 12.1 Å². The number of hydrogen-bond acceptors (Lipinski definition) is 5. The van der Waals surface area contributed by atoms with E-state index in [0.717, 1.165) is 11.3 Å². The van der Waals surface area contributed by atoms with Crippen LogP contribution >= 0.6 is 22.9 Å². The van der Waals surface area contributed by atoms with Crippen LogP contribution in [0.2, 0.25) is 5.02 Å². The smallest absolute Gasteiger partial charge is 0.307 e. The highest BCUT2D eigenvalue weighted by molar-refractivity contribution is 7.97. The van der Waals surface area contributed by atoms with E-state index in [0.29, 0.717) is 32.1 Å². The van der Waals surface area contributed by atoms with Crippen molar-refractivity contribution in [2.45, 2.75) is 30.9 Å². The topological polar surface area (TPSA) is 83.8 Å².